The molecule has 0 radical (unpaired) electrons. The van der Waals surface area contributed by atoms with E-state index in [4.69, 9.17) is 11.6 Å². The van der Waals surface area contributed by atoms with Crippen LogP contribution in [-0.2, 0) is 0 Å². The minimum Gasteiger partial charge on any atom is -0.507 e. The number of aromatic hydroxyl groups is 1. The average Bonchev–Trinajstić information content (AvgIpc) is 2.35. The van der Waals surface area contributed by atoms with Crippen LogP contribution in [0.4, 0.5) is 10.1 Å². The summed E-state index contributed by atoms with van der Waals surface area (Å²) >= 11 is 5.72. The number of benzene rings is 1. The summed E-state index contributed by atoms with van der Waals surface area (Å²) in [6.07, 6.45) is 2.32. The molecule has 0 unspecified atom stereocenters. The van der Waals surface area contributed by atoms with Gasteiger partial charge in [-0.05, 0) is 24.3 Å². The second-order valence-corrected chi connectivity index (χ2v) is 3.91. The van der Waals surface area contributed by atoms with Gasteiger partial charge >= 0.3 is 0 Å². The van der Waals surface area contributed by atoms with Crippen molar-refractivity contribution in [2.45, 2.75) is 0 Å². The molecule has 0 aliphatic rings. The Morgan fingerprint density at radius 2 is 2.17 bits per heavy atom. The number of halogens is 2. The van der Waals surface area contributed by atoms with Crippen LogP contribution in [0.25, 0.3) is 0 Å². The molecule has 0 saturated carbocycles. The van der Waals surface area contributed by atoms with Crippen LogP contribution in [0, 0.1) is 5.82 Å². The molecule has 6 heteroatoms. The fourth-order valence-electron chi connectivity index (χ4n) is 1.36. The van der Waals surface area contributed by atoms with Crippen molar-refractivity contribution in [3.63, 3.8) is 0 Å². The number of anilines is 1. The van der Waals surface area contributed by atoms with Crippen LogP contribution in [0.2, 0.25) is 5.02 Å². The van der Waals surface area contributed by atoms with E-state index in [9.17, 15) is 14.3 Å². The van der Waals surface area contributed by atoms with Crippen molar-refractivity contribution in [2.24, 2.45) is 0 Å². The number of pyridine rings is 1. The molecule has 0 spiro atoms. The Morgan fingerprint density at radius 3 is 2.89 bits per heavy atom. The second kappa shape index (κ2) is 5.01. The van der Waals surface area contributed by atoms with Crippen LogP contribution < -0.4 is 5.32 Å². The lowest BCUT2D eigenvalue weighted by molar-refractivity contribution is 0.102. The SMILES string of the molecule is O=C(Nc1ccncc1F)c1cc(Cl)ccc1O. The van der Waals surface area contributed by atoms with E-state index in [-0.39, 0.29) is 17.0 Å². The van der Waals surface area contributed by atoms with E-state index in [1.165, 1.54) is 30.5 Å². The van der Waals surface area contributed by atoms with E-state index >= 15 is 0 Å². The summed E-state index contributed by atoms with van der Waals surface area (Å²) in [6, 6.07) is 5.35. The van der Waals surface area contributed by atoms with E-state index in [0.29, 0.717) is 5.02 Å². The van der Waals surface area contributed by atoms with Crippen molar-refractivity contribution >= 4 is 23.2 Å². The highest BCUT2D eigenvalue weighted by Gasteiger charge is 2.13. The van der Waals surface area contributed by atoms with Gasteiger partial charge in [0.2, 0.25) is 0 Å². The summed E-state index contributed by atoms with van der Waals surface area (Å²) in [4.78, 5) is 15.4. The van der Waals surface area contributed by atoms with E-state index in [1.807, 2.05) is 0 Å². The van der Waals surface area contributed by atoms with Gasteiger partial charge in [-0.1, -0.05) is 11.6 Å². The van der Waals surface area contributed by atoms with Crippen LogP contribution in [-0.4, -0.2) is 16.0 Å². The molecule has 0 fully saturated rings. The molecule has 4 nitrogen and oxygen atoms in total. The average molecular weight is 267 g/mol. The highest BCUT2D eigenvalue weighted by Crippen LogP contribution is 2.23. The van der Waals surface area contributed by atoms with Crippen molar-refractivity contribution in [1.29, 1.82) is 0 Å². The number of nitrogens with zero attached hydrogens (tertiary/aromatic N) is 1. The molecule has 92 valence electrons. The Labute approximate surface area is 107 Å². The van der Waals surface area contributed by atoms with Crippen molar-refractivity contribution < 1.29 is 14.3 Å². The number of hydrogen-bond acceptors (Lipinski definition) is 3. The Balaban J connectivity index is 2.28. The van der Waals surface area contributed by atoms with Gasteiger partial charge in [0.1, 0.15) is 5.75 Å². The van der Waals surface area contributed by atoms with Gasteiger partial charge in [-0.25, -0.2) is 4.39 Å². The van der Waals surface area contributed by atoms with Gasteiger partial charge in [0.05, 0.1) is 17.4 Å². The fraction of sp³-hybridized carbons (Fsp3) is 0. The number of nitrogens with one attached hydrogen (secondary N) is 1. The first-order valence-corrected chi connectivity index (χ1v) is 5.35. The molecule has 2 N–H and O–H groups in total. The molecule has 0 aliphatic carbocycles. The Kier molecular flexibility index (Phi) is 3.43. The predicted molar refractivity (Wildman–Crippen MR) is 65.3 cm³/mol. The third-order valence-corrected chi connectivity index (χ3v) is 2.46. The number of hydrogen-bond donors (Lipinski definition) is 2. The third-order valence-electron chi connectivity index (χ3n) is 2.22. The summed E-state index contributed by atoms with van der Waals surface area (Å²) in [5.74, 6) is -1.54. The van der Waals surface area contributed by atoms with Gasteiger partial charge in [0.25, 0.3) is 5.91 Å². The second-order valence-electron chi connectivity index (χ2n) is 3.47. The van der Waals surface area contributed by atoms with Gasteiger partial charge in [-0.2, -0.15) is 0 Å². The smallest absolute Gasteiger partial charge is 0.259 e. The van der Waals surface area contributed by atoms with Crippen LogP contribution >= 0.6 is 11.6 Å². The van der Waals surface area contributed by atoms with E-state index in [0.717, 1.165) is 6.20 Å². The maximum atomic E-state index is 13.3. The minimum absolute atomic E-state index is 0.0191. The van der Waals surface area contributed by atoms with Gasteiger partial charge in [-0.15, -0.1) is 0 Å². The molecule has 1 aromatic heterocycles. The first kappa shape index (κ1) is 12.3. The zero-order valence-electron chi connectivity index (χ0n) is 9.02. The predicted octanol–water partition coefficient (Wildman–Crippen LogP) is 2.83. The number of carbonyl (C=O) groups excluding carboxylic acids is 1. The molecule has 0 aliphatic heterocycles. The van der Waals surface area contributed by atoms with E-state index < -0.39 is 11.7 Å². The largest absolute Gasteiger partial charge is 0.507 e. The summed E-state index contributed by atoms with van der Waals surface area (Å²) in [6.45, 7) is 0. The molecule has 1 aromatic carbocycles. The normalized spacial score (nSPS) is 10.1. The third kappa shape index (κ3) is 2.57. The number of carbonyl (C=O) groups is 1. The quantitative estimate of drug-likeness (QED) is 0.879. The van der Waals surface area contributed by atoms with Gasteiger partial charge in [-0.3, -0.25) is 9.78 Å². The van der Waals surface area contributed by atoms with Crippen molar-refractivity contribution in [3.05, 3.63) is 53.1 Å². The molecule has 0 bridgehead atoms. The maximum absolute atomic E-state index is 13.3. The van der Waals surface area contributed by atoms with E-state index in [1.54, 1.807) is 0 Å². The Bertz CT molecular complexity index is 604. The van der Waals surface area contributed by atoms with Crippen molar-refractivity contribution in [3.8, 4) is 5.75 Å². The summed E-state index contributed by atoms with van der Waals surface area (Å²) in [5, 5.41) is 12.1. The fourth-order valence-corrected chi connectivity index (χ4v) is 1.53. The van der Waals surface area contributed by atoms with Gasteiger partial charge < -0.3 is 10.4 Å². The van der Waals surface area contributed by atoms with Crippen LogP contribution in [0.3, 0.4) is 0 Å². The lowest BCUT2D eigenvalue weighted by atomic mass is 10.2. The number of phenols is 1. The number of aromatic nitrogens is 1. The van der Waals surface area contributed by atoms with Crippen LogP contribution in [0.1, 0.15) is 10.4 Å². The molecule has 1 amide bonds. The standard InChI is InChI=1S/C12H8ClFN2O2/c13-7-1-2-11(17)8(5-7)12(18)16-10-3-4-15-6-9(10)14/h1-6,17H,(H,15,16,18). The van der Waals surface area contributed by atoms with Crippen LogP contribution in [0.5, 0.6) is 5.75 Å². The minimum atomic E-state index is -0.660. The molecule has 2 aromatic rings. The first-order chi connectivity index (χ1) is 8.58. The Morgan fingerprint density at radius 1 is 1.39 bits per heavy atom. The van der Waals surface area contributed by atoms with Crippen molar-refractivity contribution in [1.82, 2.24) is 4.98 Å². The highest BCUT2D eigenvalue weighted by molar-refractivity contribution is 6.31. The molecule has 0 saturated heterocycles. The number of amides is 1. The zero-order valence-corrected chi connectivity index (χ0v) is 9.78. The lowest BCUT2D eigenvalue weighted by Gasteiger charge is -2.07. The molecule has 2 rings (SSSR count). The zero-order chi connectivity index (χ0) is 13.1. The molecule has 18 heavy (non-hydrogen) atoms. The lowest BCUT2D eigenvalue weighted by Crippen LogP contribution is -2.13. The van der Waals surface area contributed by atoms with Crippen molar-refractivity contribution in [2.75, 3.05) is 5.32 Å². The maximum Gasteiger partial charge on any atom is 0.259 e. The van der Waals surface area contributed by atoms with Gasteiger partial charge in [0.15, 0.2) is 5.82 Å². The topological polar surface area (TPSA) is 62.2 Å². The monoisotopic (exact) mass is 266 g/mol. The van der Waals surface area contributed by atoms with Crippen LogP contribution in [0.15, 0.2) is 36.7 Å². The summed E-state index contributed by atoms with van der Waals surface area (Å²) in [7, 11) is 0. The Hall–Kier alpha value is -2.14. The van der Waals surface area contributed by atoms with Gasteiger partial charge in [0, 0.05) is 11.2 Å². The van der Waals surface area contributed by atoms with E-state index in [2.05, 4.69) is 10.3 Å². The molecular weight excluding hydrogens is 259 g/mol. The molecule has 0 atom stereocenters. The first-order valence-electron chi connectivity index (χ1n) is 4.97. The summed E-state index contributed by atoms with van der Waals surface area (Å²) < 4.78 is 13.3. The molecular formula is C12H8ClFN2O2. The number of rotatable bonds is 2. The number of phenolic OH excluding ortho intramolecular Hbond substituents is 1. The summed E-state index contributed by atoms with van der Waals surface area (Å²) in [5.41, 5.74) is -0.0481. The highest BCUT2D eigenvalue weighted by atomic mass is 35.5. The molecule has 1 heterocycles.